The lowest BCUT2D eigenvalue weighted by Crippen LogP contribution is -1.91. The molecule has 0 amide bonds. The van der Waals surface area contributed by atoms with E-state index in [1.165, 1.54) is 11.1 Å². The van der Waals surface area contributed by atoms with E-state index in [9.17, 15) is 0 Å². The van der Waals surface area contributed by atoms with E-state index in [0.29, 0.717) is 0 Å². The van der Waals surface area contributed by atoms with Crippen molar-refractivity contribution in [2.45, 2.75) is 13.0 Å². The fourth-order valence-electron chi connectivity index (χ4n) is 1.67. The molecule has 0 aliphatic carbocycles. The first-order valence-corrected chi connectivity index (χ1v) is 5.77. The Morgan fingerprint density at radius 3 is 2.06 bits per heavy atom. The molecule has 2 aromatic carbocycles. The average Bonchev–Trinajstić information content (AvgIpc) is 2.38. The van der Waals surface area contributed by atoms with Gasteiger partial charge in [-0.3, -0.25) is 0 Å². The smallest absolute Gasteiger partial charge is 0.0696 e. The molecule has 2 aromatic rings. The summed E-state index contributed by atoms with van der Waals surface area (Å²) in [6.45, 7) is 1.74. The molecule has 0 fully saturated rings. The SMILES string of the molecule is CC(O)/C=C/c1ccc(-c2ccccc2)cc1. The van der Waals surface area contributed by atoms with Crippen molar-refractivity contribution in [1.29, 1.82) is 0 Å². The molecule has 0 aromatic heterocycles. The Bertz CT molecular complexity index is 481. The van der Waals surface area contributed by atoms with Crippen LogP contribution in [0.4, 0.5) is 0 Å². The molecule has 0 spiro atoms. The first-order valence-electron chi connectivity index (χ1n) is 5.77. The van der Waals surface area contributed by atoms with Crippen LogP contribution in [0.5, 0.6) is 0 Å². The minimum atomic E-state index is -0.399. The van der Waals surface area contributed by atoms with Gasteiger partial charge in [-0.15, -0.1) is 0 Å². The van der Waals surface area contributed by atoms with Crippen molar-refractivity contribution >= 4 is 6.08 Å². The van der Waals surface area contributed by atoms with Gasteiger partial charge in [0.1, 0.15) is 0 Å². The molecule has 0 aliphatic heterocycles. The van der Waals surface area contributed by atoms with Crippen LogP contribution >= 0.6 is 0 Å². The average molecular weight is 224 g/mol. The summed E-state index contributed by atoms with van der Waals surface area (Å²) in [7, 11) is 0. The second kappa shape index (κ2) is 5.46. The molecule has 0 bridgehead atoms. The molecule has 0 heterocycles. The van der Waals surface area contributed by atoms with Crippen LogP contribution in [0.1, 0.15) is 12.5 Å². The van der Waals surface area contributed by atoms with Crippen LogP contribution in [-0.4, -0.2) is 11.2 Å². The highest BCUT2D eigenvalue weighted by Gasteiger charge is 1.95. The quantitative estimate of drug-likeness (QED) is 0.841. The fourth-order valence-corrected chi connectivity index (χ4v) is 1.67. The molecule has 1 N–H and O–H groups in total. The lowest BCUT2D eigenvalue weighted by Gasteiger charge is -2.02. The van der Waals surface area contributed by atoms with Crippen LogP contribution in [0.3, 0.4) is 0 Å². The molecule has 2 rings (SSSR count). The van der Waals surface area contributed by atoms with Gasteiger partial charge in [-0.05, 0) is 23.6 Å². The maximum Gasteiger partial charge on any atom is 0.0696 e. The van der Waals surface area contributed by atoms with Crippen LogP contribution in [0.15, 0.2) is 60.7 Å². The fraction of sp³-hybridized carbons (Fsp3) is 0.125. The Hall–Kier alpha value is -1.86. The Morgan fingerprint density at radius 2 is 1.47 bits per heavy atom. The second-order valence-electron chi connectivity index (χ2n) is 4.09. The van der Waals surface area contributed by atoms with Crippen molar-refractivity contribution in [3.63, 3.8) is 0 Å². The van der Waals surface area contributed by atoms with Crippen molar-refractivity contribution in [2.75, 3.05) is 0 Å². The summed E-state index contributed by atoms with van der Waals surface area (Å²) in [6.07, 6.45) is 3.31. The molecule has 0 radical (unpaired) electrons. The molecule has 1 nitrogen and oxygen atoms in total. The number of aliphatic hydroxyl groups is 1. The number of hydrogen-bond acceptors (Lipinski definition) is 1. The maximum atomic E-state index is 9.16. The number of benzene rings is 2. The largest absolute Gasteiger partial charge is 0.389 e. The third-order valence-electron chi connectivity index (χ3n) is 2.58. The van der Waals surface area contributed by atoms with Gasteiger partial charge in [-0.25, -0.2) is 0 Å². The van der Waals surface area contributed by atoms with E-state index in [1.807, 2.05) is 24.3 Å². The Kier molecular flexibility index (Phi) is 3.73. The van der Waals surface area contributed by atoms with E-state index in [1.54, 1.807) is 13.0 Å². The molecular formula is C16H16O. The van der Waals surface area contributed by atoms with Crippen molar-refractivity contribution in [3.8, 4) is 11.1 Å². The van der Waals surface area contributed by atoms with Gasteiger partial charge in [0.05, 0.1) is 6.10 Å². The highest BCUT2D eigenvalue weighted by molar-refractivity contribution is 5.65. The number of aliphatic hydroxyl groups excluding tert-OH is 1. The summed E-state index contributed by atoms with van der Waals surface area (Å²) in [5, 5.41) is 9.16. The highest BCUT2D eigenvalue weighted by Crippen LogP contribution is 2.19. The van der Waals surface area contributed by atoms with Crippen molar-refractivity contribution in [1.82, 2.24) is 0 Å². The van der Waals surface area contributed by atoms with Gasteiger partial charge < -0.3 is 5.11 Å². The summed E-state index contributed by atoms with van der Waals surface area (Å²) in [5.74, 6) is 0. The topological polar surface area (TPSA) is 20.2 Å². The molecule has 0 aliphatic rings. The van der Waals surface area contributed by atoms with E-state index < -0.39 is 6.10 Å². The van der Waals surface area contributed by atoms with Gasteiger partial charge >= 0.3 is 0 Å². The highest BCUT2D eigenvalue weighted by atomic mass is 16.3. The predicted molar refractivity (Wildman–Crippen MR) is 72.6 cm³/mol. The van der Waals surface area contributed by atoms with Crippen LogP contribution in [-0.2, 0) is 0 Å². The summed E-state index contributed by atoms with van der Waals surface area (Å²) in [6, 6.07) is 18.6. The molecule has 1 unspecified atom stereocenters. The predicted octanol–water partition coefficient (Wildman–Crippen LogP) is 3.75. The van der Waals surface area contributed by atoms with Gasteiger partial charge in [0, 0.05) is 0 Å². The molecule has 86 valence electrons. The zero-order chi connectivity index (χ0) is 12.1. The van der Waals surface area contributed by atoms with E-state index in [-0.39, 0.29) is 0 Å². The number of hydrogen-bond donors (Lipinski definition) is 1. The van der Waals surface area contributed by atoms with E-state index in [4.69, 9.17) is 5.11 Å². The third kappa shape index (κ3) is 3.30. The lowest BCUT2D eigenvalue weighted by atomic mass is 10.0. The summed E-state index contributed by atoms with van der Waals surface area (Å²) in [5.41, 5.74) is 3.53. The minimum Gasteiger partial charge on any atom is -0.389 e. The van der Waals surface area contributed by atoms with Gasteiger partial charge in [-0.2, -0.15) is 0 Å². The van der Waals surface area contributed by atoms with Gasteiger partial charge in [0.25, 0.3) is 0 Å². The molecule has 1 atom stereocenters. The van der Waals surface area contributed by atoms with Crippen LogP contribution in [0.2, 0.25) is 0 Å². The maximum absolute atomic E-state index is 9.16. The summed E-state index contributed by atoms with van der Waals surface area (Å²) < 4.78 is 0. The van der Waals surface area contributed by atoms with Crippen molar-refractivity contribution in [2.24, 2.45) is 0 Å². The monoisotopic (exact) mass is 224 g/mol. The molecule has 17 heavy (non-hydrogen) atoms. The molecule has 0 saturated heterocycles. The van der Waals surface area contributed by atoms with Crippen LogP contribution in [0, 0.1) is 0 Å². The molecule has 1 heteroatoms. The van der Waals surface area contributed by atoms with E-state index in [2.05, 4.69) is 36.4 Å². The van der Waals surface area contributed by atoms with Crippen LogP contribution < -0.4 is 0 Å². The van der Waals surface area contributed by atoms with Crippen LogP contribution in [0.25, 0.3) is 17.2 Å². The zero-order valence-electron chi connectivity index (χ0n) is 9.88. The minimum absolute atomic E-state index is 0.399. The Morgan fingerprint density at radius 1 is 0.882 bits per heavy atom. The summed E-state index contributed by atoms with van der Waals surface area (Å²) in [4.78, 5) is 0. The Balaban J connectivity index is 2.19. The van der Waals surface area contributed by atoms with Crippen molar-refractivity contribution in [3.05, 3.63) is 66.2 Å². The van der Waals surface area contributed by atoms with E-state index >= 15 is 0 Å². The summed E-state index contributed by atoms with van der Waals surface area (Å²) >= 11 is 0. The third-order valence-corrected chi connectivity index (χ3v) is 2.58. The second-order valence-corrected chi connectivity index (χ2v) is 4.09. The normalized spacial score (nSPS) is 12.8. The lowest BCUT2D eigenvalue weighted by molar-refractivity contribution is 0.245. The standard InChI is InChI=1S/C16H16O/c1-13(17)7-8-14-9-11-16(12-10-14)15-5-3-2-4-6-15/h2-13,17H,1H3/b8-7+. The van der Waals surface area contributed by atoms with Gasteiger partial charge in [0.15, 0.2) is 0 Å². The number of rotatable bonds is 3. The zero-order valence-corrected chi connectivity index (χ0v) is 9.88. The first kappa shape index (κ1) is 11.6. The van der Waals surface area contributed by atoms with E-state index in [0.717, 1.165) is 5.56 Å². The van der Waals surface area contributed by atoms with Crippen molar-refractivity contribution < 1.29 is 5.11 Å². The molecular weight excluding hydrogens is 208 g/mol. The van der Waals surface area contributed by atoms with Gasteiger partial charge in [-0.1, -0.05) is 66.7 Å². The first-order chi connectivity index (χ1) is 8.25. The molecule has 0 saturated carbocycles. The van der Waals surface area contributed by atoms with Gasteiger partial charge in [0.2, 0.25) is 0 Å². The Labute approximate surface area is 102 Å².